The van der Waals surface area contributed by atoms with Gasteiger partial charge in [0.25, 0.3) is 0 Å². The highest BCUT2D eigenvalue weighted by atomic mass is 32.2. The van der Waals surface area contributed by atoms with Crippen LogP contribution in [0.4, 0.5) is 0 Å². The van der Waals surface area contributed by atoms with Gasteiger partial charge in [0, 0.05) is 13.6 Å². The first-order valence-electron chi connectivity index (χ1n) is 4.12. The third-order valence-corrected chi connectivity index (χ3v) is 2.46. The SMILES string of the molecule is CC.CN1CCCSCC1=O. The van der Waals surface area contributed by atoms with Crippen LogP contribution in [0.25, 0.3) is 0 Å². The van der Waals surface area contributed by atoms with E-state index in [1.807, 2.05) is 20.9 Å². The minimum atomic E-state index is 0.275. The zero-order valence-electron chi connectivity index (χ0n) is 7.59. The van der Waals surface area contributed by atoms with Gasteiger partial charge in [0.2, 0.25) is 5.91 Å². The van der Waals surface area contributed by atoms with Crippen molar-refractivity contribution >= 4 is 17.7 Å². The summed E-state index contributed by atoms with van der Waals surface area (Å²) in [7, 11) is 1.87. The summed E-state index contributed by atoms with van der Waals surface area (Å²) >= 11 is 1.74. The Kier molecular flexibility index (Phi) is 6.42. The third kappa shape index (κ3) is 4.30. The monoisotopic (exact) mass is 175 g/mol. The van der Waals surface area contributed by atoms with Crippen molar-refractivity contribution in [3.63, 3.8) is 0 Å². The molecule has 0 aliphatic carbocycles. The Hall–Kier alpha value is -0.180. The lowest BCUT2D eigenvalue weighted by Gasteiger charge is -2.11. The van der Waals surface area contributed by atoms with E-state index in [4.69, 9.17) is 0 Å². The molecule has 1 amide bonds. The lowest BCUT2D eigenvalue weighted by Crippen LogP contribution is -2.27. The van der Waals surface area contributed by atoms with Gasteiger partial charge in [0.05, 0.1) is 5.75 Å². The molecule has 0 N–H and O–H groups in total. The van der Waals surface area contributed by atoms with E-state index in [-0.39, 0.29) is 5.91 Å². The molecule has 0 radical (unpaired) electrons. The van der Waals surface area contributed by atoms with Gasteiger partial charge in [-0.1, -0.05) is 13.8 Å². The molecule has 1 aliphatic heterocycles. The molecule has 3 heteroatoms. The molecule has 1 heterocycles. The maximum Gasteiger partial charge on any atom is 0.232 e. The smallest absolute Gasteiger partial charge is 0.232 e. The fourth-order valence-corrected chi connectivity index (χ4v) is 1.67. The van der Waals surface area contributed by atoms with E-state index in [1.165, 1.54) is 0 Å². The van der Waals surface area contributed by atoms with Crippen molar-refractivity contribution in [3.8, 4) is 0 Å². The van der Waals surface area contributed by atoms with Crippen molar-refractivity contribution in [1.29, 1.82) is 0 Å². The largest absolute Gasteiger partial charge is 0.345 e. The first-order chi connectivity index (χ1) is 5.30. The summed E-state index contributed by atoms with van der Waals surface area (Å²) in [5.74, 6) is 2.09. The molecule has 0 saturated carbocycles. The van der Waals surface area contributed by atoms with E-state index >= 15 is 0 Å². The molecule has 0 aromatic rings. The van der Waals surface area contributed by atoms with E-state index in [0.717, 1.165) is 18.7 Å². The molecule has 0 bridgehead atoms. The van der Waals surface area contributed by atoms with Crippen molar-refractivity contribution in [2.75, 3.05) is 25.1 Å². The van der Waals surface area contributed by atoms with Gasteiger partial charge in [0.1, 0.15) is 0 Å². The molecule has 1 fully saturated rings. The fourth-order valence-electron chi connectivity index (χ4n) is 0.798. The Morgan fingerprint density at radius 1 is 1.45 bits per heavy atom. The van der Waals surface area contributed by atoms with Crippen LogP contribution in [0.5, 0.6) is 0 Å². The Morgan fingerprint density at radius 3 is 2.73 bits per heavy atom. The number of carbonyl (C=O) groups is 1. The highest BCUT2D eigenvalue weighted by molar-refractivity contribution is 7.99. The van der Waals surface area contributed by atoms with Crippen LogP contribution in [0.3, 0.4) is 0 Å². The second-order valence-corrected chi connectivity index (χ2v) is 3.33. The molecular formula is C8H17NOS. The van der Waals surface area contributed by atoms with Crippen LogP contribution in [0.15, 0.2) is 0 Å². The van der Waals surface area contributed by atoms with Crippen LogP contribution in [0.2, 0.25) is 0 Å². The zero-order chi connectivity index (χ0) is 8.69. The maximum atomic E-state index is 10.9. The molecule has 0 aromatic heterocycles. The van der Waals surface area contributed by atoms with Crippen molar-refractivity contribution < 1.29 is 4.79 Å². The lowest BCUT2D eigenvalue weighted by molar-refractivity contribution is -0.126. The summed E-state index contributed by atoms with van der Waals surface area (Å²) in [6.45, 7) is 4.94. The molecule has 0 spiro atoms. The number of rotatable bonds is 0. The van der Waals surface area contributed by atoms with Crippen LogP contribution in [0.1, 0.15) is 20.3 Å². The van der Waals surface area contributed by atoms with Gasteiger partial charge in [-0.2, -0.15) is 11.8 Å². The number of nitrogens with zero attached hydrogens (tertiary/aromatic N) is 1. The van der Waals surface area contributed by atoms with Crippen LogP contribution in [-0.4, -0.2) is 35.9 Å². The molecular weight excluding hydrogens is 158 g/mol. The van der Waals surface area contributed by atoms with Gasteiger partial charge >= 0.3 is 0 Å². The van der Waals surface area contributed by atoms with Gasteiger partial charge in [-0.3, -0.25) is 4.79 Å². The minimum Gasteiger partial charge on any atom is -0.345 e. The van der Waals surface area contributed by atoms with Crippen LogP contribution in [0, 0.1) is 0 Å². The number of hydrogen-bond donors (Lipinski definition) is 0. The normalized spacial score (nSPS) is 18.5. The Bertz CT molecular complexity index is 117. The average Bonchev–Trinajstić information content (AvgIpc) is 2.22. The second-order valence-electron chi connectivity index (χ2n) is 2.22. The Balaban J connectivity index is 0.000000461. The summed E-state index contributed by atoms with van der Waals surface area (Å²) in [5, 5.41) is 0. The van der Waals surface area contributed by atoms with Gasteiger partial charge in [-0.15, -0.1) is 0 Å². The second kappa shape index (κ2) is 6.53. The predicted octanol–water partition coefficient (Wildman–Crippen LogP) is 1.61. The first kappa shape index (κ1) is 10.8. The summed E-state index contributed by atoms with van der Waals surface area (Å²) in [6, 6.07) is 0. The highest BCUT2D eigenvalue weighted by Gasteiger charge is 2.11. The van der Waals surface area contributed by atoms with E-state index in [0.29, 0.717) is 5.75 Å². The molecule has 0 unspecified atom stereocenters. The van der Waals surface area contributed by atoms with Crippen LogP contribution in [-0.2, 0) is 4.79 Å². The van der Waals surface area contributed by atoms with E-state index in [2.05, 4.69) is 0 Å². The molecule has 11 heavy (non-hydrogen) atoms. The van der Waals surface area contributed by atoms with Crippen LogP contribution < -0.4 is 0 Å². The highest BCUT2D eigenvalue weighted by Crippen LogP contribution is 2.08. The summed E-state index contributed by atoms with van der Waals surface area (Å²) in [6.07, 6.45) is 1.15. The number of carbonyl (C=O) groups excluding carboxylic acids is 1. The minimum absolute atomic E-state index is 0.275. The van der Waals surface area contributed by atoms with Gasteiger partial charge in [0.15, 0.2) is 0 Å². The molecule has 1 rings (SSSR count). The first-order valence-corrected chi connectivity index (χ1v) is 5.28. The van der Waals surface area contributed by atoms with E-state index < -0.39 is 0 Å². The van der Waals surface area contributed by atoms with E-state index in [9.17, 15) is 4.79 Å². The third-order valence-electron chi connectivity index (χ3n) is 1.43. The van der Waals surface area contributed by atoms with Crippen molar-refractivity contribution in [2.45, 2.75) is 20.3 Å². The molecule has 1 saturated heterocycles. The quantitative estimate of drug-likeness (QED) is 0.557. The number of hydrogen-bond acceptors (Lipinski definition) is 2. The van der Waals surface area contributed by atoms with Gasteiger partial charge in [-0.25, -0.2) is 0 Å². The van der Waals surface area contributed by atoms with Crippen molar-refractivity contribution in [3.05, 3.63) is 0 Å². The van der Waals surface area contributed by atoms with Crippen molar-refractivity contribution in [2.24, 2.45) is 0 Å². The summed E-state index contributed by atoms with van der Waals surface area (Å²) < 4.78 is 0. The number of thioether (sulfide) groups is 1. The Morgan fingerprint density at radius 2 is 2.09 bits per heavy atom. The topological polar surface area (TPSA) is 20.3 Å². The summed E-state index contributed by atoms with van der Waals surface area (Å²) in [5.41, 5.74) is 0. The zero-order valence-corrected chi connectivity index (χ0v) is 8.41. The summed E-state index contributed by atoms with van der Waals surface area (Å²) in [4.78, 5) is 12.7. The van der Waals surface area contributed by atoms with Crippen LogP contribution >= 0.6 is 11.8 Å². The molecule has 66 valence electrons. The van der Waals surface area contributed by atoms with Gasteiger partial charge in [-0.05, 0) is 12.2 Å². The number of amides is 1. The average molecular weight is 175 g/mol. The van der Waals surface area contributed by atoms with Gasteiger partial charge < -0.3 is 4.90 Å². The standard InChI is InChI=1S/C6H11NOS.C2H6/c1-7-3-2-4-9-5-6(7)8;1-2/h2-5H2,1H3;1-2H3. The van der Waals surface area contributed by atoms with E-state index in [1.54, 1.807) is 16.7 Å². The molecule has 0 atom stereocenters. The fraction of sp³-hybridized carbons (Fsp3) is 0.875. The lowest BCUT2D eigenvalue weighted by atomic mass is 10.4. The van der Waals surface area contributed by atoms with Crippen molar-refractivity contribution in [1.82, 2.24) is 4.90 Å². The molecule has 2 nitrogen and oxygen atoms in total. The molecule has 0 aromatic carbocycles. The predicted molar refractivity (Wildman–Crippen MR) is 50.9 cm³/mol. The Labute approximate surface area is 73.3 Å². The maximum absolute atomic E-state index is 10.9. The molecule has 1 aliphatic rings.